The van der Waals surface area contributed by atoms with E-state index in [0.29, 0.717) is 32.1 Å². The fraction of sp³-hybridized carbons (Fsp3) is 0.238. The zero-order valence-corrected chi connectivity index (χ0v) is 20.8. The maximum atomic E-state index is 13.3. The van der Waals surface area contributed by atoms with E-state index in [1.54, 1.807) is 18.2 Å². The lowest BCUT2D eigenvalue weighted by Gasteiger charge is -2.14. The topological polar surface area (TPSA) is 143 Å². The van der Waals surface area contributed by atoms with Gasteiger partial charge in [0.1, 0.15) is 5.82 Å². The van der Waals surface area contributed by atoms with E-state index in [1.165, 1.54) is 23.0 Å². The molecule has 3 aromatic rings. The maximum absolute atomic E-state index is 13.3. The Bertz CT molecular complexity index is 1340. The van der Waals surface area contributed by atoms with E-state index in [1.807, 2.05) is 13.8 Å². The van der Waals surface area contributed by atoms with Crippen molar-refractivity contribution in [2.45, 2.75) is 26.2 Å². The van der Waals surface area contributed by atoms with Crippen molar-refractivity contribution < 1.29 is 14.5 Å². The van der Waals surface area contributed by atoms with Gasteiger partial charge in [0.05, 0.1) is 22.0 Å². The molecule has 1 atom stereocenters. The summed E-state index contributed by atoms with van der Waals surface area (Å²) in [5.41, 5.74) is 5.06. The molecule has 3 rings (SSSR count). The average molecular weight is 581 g/mol. The molecule has 1 aromatic heterocycles. The minimum atomic E-state index is -0.797. The number of nitro benzene ring substituents is 1. The van der Waals surface area contributed by atoms with Crippen molar-refractivity contribution in [2.24, 2.45) is 10.8 Å². The Balaban J connectivity index is 2.23. The van der Waals surface area contributed by atoms with E-state index >= 15 is 0 Å². The van der Waals surface area contributed by atoms with Crippen molar-refractivity contribution in [1.29, 1.82) is 0 Å². The number of nitrogens with two attached hydrogens (primary N) is 1. The Hall–Kier alpha value is -3.12. The minimum absolute atomic E-state index is 0.0923. The predicted molar refractivity (Wildman–Crippen MR) is 131 cm³/mol. The second-order valence-corrected chi connectivity index (χ2v) is 8.99. The Morgan fingerprint density at radius 2 is 2.06 bits per heavy atom. The van der Waals surface area contributed by atoms with Gasteiger partial charge in [0.15, 0.2) is 6.61 Å². The second-order valence-electron chi connectivity index (χ2n) is 7.16. The Morgan fingerprint density at radius 1 is 1.33 bits per heavy atom. The van der Waals surface area contributed by atoms with Crippen molar-refractivity contribution in [3.05, 3.63) is 71.1 Å². The molecule has 172 valence electrons. The summed E-state index contributed by atoms with van der Waals surface area (Å²) in [5, 5.41) is 16.2. The molecule has 0 spiro atoms. The zero-order valence-electron chi connectivity index (χ0n) is 17.6. The summed E-state index contributed by atoms with van der Waals surface area (Å²) in [6.45, 7) is 3.32. The summed E-state index contributed by atoms with van der Waals surface area (Å²) in [6.07, 6.45) is 1.96. The maximum Gasteiger partial charge on any atom is 0.312 e. The van der Waals surface area contributed by atoms with Crippen molar-refractivity contribution in [3.8, 4) is 5.75 Å². The SMILES string of the molecule is CC[C@H](C)c1nc2ccc(Br)cc2c(=O)n1N=Cc1cc(Br)cc([N+](=O)[O-])c1OCC(N)=O. The third kappa shape index (κ3) is 5.45. The smallest absolute Gasteiger partial charge is 0.312 e. The number of hydrogen-bond donors (Lipinski definition) is 1. The molecule has 0 aliphatic heterocycles. The Kier molecular flexibility index (Phi) is 7.59. The molecule has 1 amide bonds. The van der Waals surface area contributed by atoms with Crippen LogP contribution in [0.2, 0.25) is 0 Å². The van der Waals surface area contributed by atoms with Gasteiger partial charge in [-0.15, -0.1) is 0 Å². The van der Waals surface area contributed by atoms with Crippen LogP contribution >= 0.6 is 31.9 Å². The monoisotopic (exact) mass is 579 g/mol. The van der Waals surface area contributed by atoms with Crippen LogP contribution in [0.25, 0.3) is 10.9 Å². The Labute approximate surface area is 204 Å². The highest BCUT2D eigenvalue weighted by Crippen LogP contribution is 2.34. The summed E-state index contributed by atoms with van der Waals surface area (Å²) < 4.78 is 7.59. The molecule has 0 unspecified atom stereocenters. The first-order valence-electron chi connectivity index (χ1n) is 9.78. The predicted octanol–water partition coefficient (Wildman–Crippen LogP) is 4.09. The van der Waals surface area contributed by atoms with Crippen molar-refractivity contribution in [2.75, 3.05) is 6.61 Å². The molecule has 1 heterocycles. The molecule has 2 aromatic carbocycles. The van der Waals surface area contributed by atoms with E-state index in [0.717, 1.165) is 0 Å². The molecular formula is C21H19Br2N5O5. The van der Waals surface area contributed by atoms with Crippen LogP contribution in [0.1, 0.15) is 37.6 Å². The molecule has 0 saturated heterocycles. The molecule has 0 saturated carbocycles. The number of carbonyl (C=O) groups is 1. The van der Waals surface area contributed by atoms with Crippen LogP contribution in [0.5, 0.6) is 5.75 Å². The number of nitro groups is 1. The molecular weight excluding hydrogens is 562 g/mol. The lowest BCUT2D eigenvalue weighted by molar-refractivity contribution is -0.385. The minimum Gasteiger partial charge on any atom is -0.476 e. The highest BCUT2D eigenvalue weighted by atomic mass is 79.9. The number of halogens is 2. The molecule has 0 radical (unpaired) electrons. The lowest BCUT2D eigenvalue weighted by atomic mass is 10.1. The fourth-order valence-electron chi connectivity index (χ4n) is 3.03. The first-order valence-corrected chi connectivity index (χ1v) is 11.4. The van der Waals surface area contributed by atoms with Crippen LogP contribution in [-0.4, -0.2) is 33.3 Å². The summed E-state index contributed by atoms with van der Waals surface area (Å²) in [4.78, 5) is 40.0. The number of rotatable bonds is 8. The summed E-state index contributed by atoms with van der Waals surface area (Å²) in [7, 11) is 0. The van der Waals surface area contributed by atoms with Gasteiger partial charge in [-0.3, -0.25) is 19.7 Å². The second kappa shape index (κ2) is 10.2. The number of nitrogens with zero attached hydrogens (tertiary/aromatic N) is 4. The van der Waals surface area contributed by atoms with Gasteiger partial charge in [-0.25, -0.2) is 4.98 Å². The van der Waals surface area contributed by atoms with E-state index in [-0.39, 0.29) is 22.9 Å². The number of aromatic nitrogens is 2. The van der Waals surface area contributed by atoms with Crippen LogP contribution in [0.15, 0.2) is 49.2 Å². The third-order valence-electron chi connectivity index (χ3n) is 4.82. The molecule has 2 N–H and O–H groups in total. The summed E-state index contributed by atoms with van der Waals surface area (Å²) in [6, 6.07) is 7.95. The van der Waals surface area contributed by atoms with Gasteiger partial charge in [0, 0.05) is 26.5 Å². The molecule has 33 heavy (non-hydrogen) atoms. The molecule has 0 bridgehead atoms. The number of primary amides is 1. The molecule has 0 aliphatic rings. The number of ether oxygens (including phenoxy) is 1. The average Bonchev–Trinajstić information content (AvgIpc) is 2.76. The van der Waals surface area contributed by atoms with E-state index in [4.69, 9.17) is 10.5 Å². The normalized spacial score (nSPS) is 12.2. The number of carbonyl (C=O) groups excluding carboxylic acids is 1. The number of amides is 1. The summed E-state index contributed by atoms with van der Waals surface area (Å²) in [5.74, 6) is -0.641. The number of fused-ring (bicyclic) bond motifs is 1. The van der Waals surface area contributed by atoms with Crippen LogP contribution in [0.4, 0.5) is 5.69 Å². The van der Waals surface area contributed by atoms with Crippen LogP contribution in [0, 0.1) is 10.1 Å². The highest BCUT2D eigenvalue weighted by Gasteiger charge is 2.22. The molecule has 0 fully saturated rings. The van der Waals surface area contributed by atoms with Crippen LogP contribution in [0.3, 0.4) is 0 Å². The van der Waals surface area contributed by atoms with Gasteiger partial charge in [0.2, 0.25) is 5.75 Å². The quantitative estimate of drug-likeness (QED) is 0.241. The lowest BCUT2D eigenvalue weighted by Crippen LogP contribution is -2.24. The third-order valence-corrected chi connectivity index (χ3v) is 5.77. The first kappa shape index (κ1) is 24.5. The van der Waals surface area contributed by atoms with Gasteiger partial charge in [-0.05, 0) is 30.7 Å². The van der Waals surface area contributed by atoms with Crippen molar-refractivity contribution >= 4 is 60.6 Å². The molecule has 10 nitrogen and oxygen atoms in total. The summed E-state index contributed by atoms with van der Waals surface area (Å²) >= 11 is 6.58. The van der Waals surface area contributed by atoms with Gasteiger partial charge < -0.3 is 10.5 Å². The standard InChI is InChI=1S/C21H19Br2N5O5/c1-3-11(2)20-26-16-5-4-13(22)7-15(16)21(30)27(20)25-9-12-6-14(23)8-17(28(31)32)19(12)33-10-18(24)29/h4-9,11H,3,10H2,1-2H3,(H2,24,29)/t11-/m0/s1. The Morgan fingerprint density at radius 3 is 2.70 bits per heavy atom. The highest BCUT2D eigenvalue weighted by molar-refractivity contribution is 9.10. The number of hydrogen-bond acceptors (Lipinski definition) is 7. The van der Waals surface area contributed by atoms with E-state index in [9.17, 15) is 19.7 Å². The van der Waals surface area contributed by atoms with Crippen molar-refractivity contribution in [1.82, 2.24) is 9.66 Å². The van der Waals surface area contributed by atoms with Crippen molar-refractivity contribution in [3.63, 3.8) is 0 Å². The van der Waals surface area contributed by atoms with Gasteiger partial charge >= 0.3 is 5.69 Å². The van der Waals surface area contributed by atoms with Gasteiger partial charge in [-0.2, -0.15) is 9.78 Å². The largest absolute Gasteiger partial charge is 0.476 e. The fourth-order valence-corrected chi connectivity index (χ4v) is 3.86. The van der Waals surface area contributed by atoms with E-state index in [2.05, 4.69) is 41.9 Å². The van der Waals surface area contributed by atoms with Crippen LogP contribution < -0.4 is 16.0 Å². The van der Waals surface area contributed by atoms with Gasteiger partial charge in [-0.1, -0.05) is 45.7 Å². The van der Waals surface area contributed by atoms with Crippen LogP contribution in [-0.2, 0) is 4.79 Å². The first-order chi connectivity index (χ1) is 15.6. The molecule has 12 heteroatoms. The number of benzene rings is 2. The van der Waals surface area contributed by atoms with E-state index < -0.39 is 23.0 Å². The zero-order chi connectivity index (χ0) is 24.3. The molecule has 0 aliphatic carbocycles. The van der Waals surface area contributed by atoms with Gasteiger partial charge in [0.25, 0.3) is 11.5 Å².